The van der Waals surface area contributed by atoms with Crippen LogP contribution in [0.2, 0.25) is 0 Å². The number of aliphatic hydroxyl groups is 1. The van der Waals surface area contributed by atoms with Gasteiger partial charge in [-0.2, -0.15) is 0 Å². The van der Waals surface area contributed by atoms with E-state index in [9.17, 15) is 9.90 Å². The second kappa shape index (κ2) is 5.55. The van der Waals surface area contributed by atoms with Gasteiger partial charge in [-0.25, -0.2) is 4.79 Å². The van der Waals surface area contributed by atoms with Gasteiger partial charge in [0.1, 0.15) is 0 Å². The molecule has 4 rings (SSSR count). The summed E-state index contributed by atoms with van der Waals surface area (Å²) in [5.41, 5.74) is 0. The first-order valence-electron chi connectivity index (χ1n) is 8.22. The minimum atomic E-state index is -0.341. The van der Waals surface area contributed by atoms with Crippen molar-refractivity contribution in [2.75, 3.05) is 13.6 Å². The summed E-state index contributed by atoms with van der Waals surface area (Å²) >= 11 is 0. The lowest BCUT2D eigenvalue weighted by molar-refractivity contribution is -0.0108. The van der Waals surface area contributed by atoms with Gasteiger partial charge in [-0.3, -0.25) is 0 Å². The standard InChI is InChI=1S/C16H28N2O2/c1-10(19)3-4-18(2)16(20)17-15-13-6-11-5-12(8-13)9-14(15)7-11/h10-15,19H,3-9H2,1-2H3,(H,17,20). The van der Waals surface area contributed by atoms with Crippen LogP contribution in [0.5, 0.6) is 0 Å². The van der Waals surface area contributed by atoms with Gasteiger partial charge in [0.2, 0.25) is 0 Å². The molecule has 0 aromatic carbocycles. The highest BCUT2D eigenvalue weighted by molar-refractivity contribution is 5.74. The fraction of sp³-hybridized carbons (Fsp3) is 0.938. The second-order valence-corrected chi connectivity index (χ2v) is 7.47. The van der Waals surface area contributed by atoms with E-state index >= 15 is 0 Å². The van der Waals surface area contributed by atoms with Gasteiger partial charge in [0.25, 0.3) is 0 Å². The molecule has 0 saturated heterocycles. The Balaban J connectivity index is 1.54. The Morgan fingerprint density at radius 2 is 1.75 bits per heavy atom. The Morgan fingerprint density at radius 1 is 1.20 bits per heavy atom. The highest BCUT2D eigenvalue weighted by atomic mass is 16.3. The highest BCUT2D eigenvalue weighted by Crippen LogP contribution is 2.53. The van der Waals surface area contributed by atoms with Crippen LogP contribution in [-0.4, -0.2) is 41.8 Å². The molecule has 0 heterocycles. The van der Waals surface area contributed by atoms with Gasteiger partial charge < -0.3 is 15.3 Å². The molecule has 114 valence electrons. The summed E-state index contributed by atoms with van der Waals surface area (Å²) in [6, 6.07) is 0.451. The lowest BCUT2D eigenvalue weighted by Gasteiger charge is -2.54. The molecule has 1 atom stereocenters. The molecule has 4 aliphatic carbocycles. The zero-order valence-corrected chi connectivity index (χ0v) is 12.7. The Hall–Kier alpha value is -0.770. The Morgan fingerprint density at radius 3 is 2.25 bits per heavy atom. The summed E-state index contributed by atoms with van der Waals surface area (Å²) in [5.74, 6) is 3.33. The average molecular weight is 280 g/mol. The first-order chi connectivity index (χ1) is 9.52. The number of carbonyl (C=O) groups excluding carboxylic acids is 1. The van der Waals surface area contributed by atoms with Gasteiger partial charge in [-0.15, -0.1) is 0 Å². The number of amides is 2. The topological polar surface area (TPSA) is 52.6 Å². The minimum Gasteiger partial charge on any atom is -0.393 e. The van der Waals surface area contributed by atoms with Crippen molar-refractivity contribution in [3.63, 3.8) is 0 Å². The molecule has 4 fully saturated rings. The van der Waals surface area contributed by atoms with E-state index in [4.69, 9.17) is 0 Å². The van der Waals surface area contributed by atoms with Gasteiger partial charge in [-0.1, -0.05) is 0 Å². The maximum absolute atomic E-state index is 12.3. The quantitative estimate of drug-likeness (QED) is 0.829. The molecule has 20 heavy (non-hydrogen) atoms. The molecule has 0 radical (unpaired) electrons. The lowest BCUT2D eigenvalue weighted by Crippen LogP contribution is -2.57. The zero-order chi connectivity index (χ0) is 14.3. The van der Waals surface area contributed by atoms with Crippen molar-refractivity contribution in [1.82, 2.24) is 10.2 Å². The molecular weight excluding hydrogens is 252 g/mol. The van der Waals surface area contributed by atoms with E-state index in [-0.39, 0.29) is 12.1 Å². The van der Waals surface area contributed by atoms with Crippen molar-refractivity contribution in [1.29, 1.82) is 0 Å². The molecular formula is C16H28N2O2. The van der Waals surface area contributed by atoms with Gasteiger partial charge in [0.15, 0.2) is 0 Å². The molecule has 0 aliphatic heterocycles. The third-order valence-electron chi connectivity index (χ3n) is 5.75. The van der Waals surface area contributed by atoms with Gasteiger partial charge in [0, 0.05) is 19.6 Å². The monoisotopic (exact) mass is 280 g/mol. The van der Waals surface area contributed by atoms with Crippen molar-refractivity contribution in [2.45, 2.75) is 57.6 Å². The van der Waals surface area contributed by atoms with Crippen LogP contribution >= 0.6 is 0 Å². The van der Waals surface area contributed by atoms with Gasteiger partial charge >= 0.3 is 6.03 Å². The van der Waals surface area contributed by atoms with Crippen LogP contribution < -0.4 is 5.32 Å². The van der Waals surface area contributed by atoms with E-state index in [0.717, 1.165) is 23.7 Å². The maximum atomic E-state index is 12.3. The fourth-order valence-electron chi connectivity index (χ4n) is 4.90. The Bertz CT molecular complexity index is 341. The van der Waals surface area contributed by atoms with Crippen LogP contribution in [0, 0.1) is 23.7 Å². The molecule has 4 aliphatic rings. The largest absolute Gasteiger partial charge is 0.393 e. The second-order valence-electron chi connectivity index (χ2n) is 7.47. The van der Waals surface area contributed by atoms with Crippen LogP contribution in [0.1, 0.15) is 45.4 Å². The molecule has 4 heteroatoms. The number of carbonyl (C=O) groups is 1. The van der Waals surface area contributed by atoms with E-state index in [1.807, 2.05) is 7.05 Å². The number of nitrogens with one attached hydrogen (secondary N) is 1. The highest BCUT2D eigenvalue weighted by Gasteiger charge is 2.48. The molecule has 4 nitrogen and oxygen atoms in total. The number of rotatable bonds is 4. The fourth-order valence-corrected chi connectivity index (χ4v) is 4.90. The smallest absolute Gasteiger partial charge is 0.317 e. The van der Waals surface area contributed by atoms with Crippen molar-refractivity contribution in [2.24, 2.45) is 23.7 Å². The summed E-state index contributed by atoms with van der Waals surface area (Å²) in [6.07, 6.45) is 7.06. The van der Waals surface area contributed by atoms with Crippen LogP contribution in [0.15, 0.2) is 0 Å². The van der Waals surface area contributed by atoms with Crippen LogP contribution in [-0.2, 0) is 0 Å². The molecule has 0 spiro atoms. The number of urea groups is 1. The molecule has 4 bridgehead atoms. The summed E-state index contributed by atoms with van der Waals surface area (Å²) in [6.45, 7) is 2.39. The number of hydrogen-bond donors (Lipinski definition) is 2. The molecule has 4 saturated carbocycles. The summed E-state index contributed by atoms with van der Waals surface area (Å²) in [4.78, 5) is 14.0. The van der Waals surface area contributed by atoms with Crippen molar-refractivity contribution in [3.05, 3.63) is 0 Å². The SMILES string of the molecule is CC(O)CCN(C)C(=O)NC1C2CC3CC(C2)CC1C3. The summed E-state index contributed by atoms with van der Waals surface area (Å²) in [5, 5.41) is 12.6. The van der Waals surface area contributed by atoms with E-state index in [2.05, 4.69) is 5.32 Å². The maximum Gasteiger partial charge on any atom is 0.317 e. The first kappa shape index (κ1) is 14.2. The number of aliphatic hydroxyl groups excluding tert-OH is 1. The summed E-state index contributed by atoms with van der Waals surface area (Å²) in [7, 11) is 1.83. The van der Waals surface area contributed by atoms with Crippen molar-refractivity contribution < 1.29 is 9.90 Å². The first-order valence-corrected chi connectivity index (χ1v) is 8.22. The molecule has 2 amide bonds. The molecule has 1 unspecified atom stereocenters. The van der Waals surface area contributed by atoms with Crippen molar-refractivity contribution >= 4 is 6.03 Å². The Kier molecular flexibility index (Phi) is 3.93. The van der Waals surface area contributed by atoms with Gasteiger partial charge in [0.05, 0.1) is 6.10 Å². The van der Waals surface area contributed by atoms with E-state index in [1.165, 1.54) is 32.1 Å². The minimum absolute atomic E-state index is 0.0446. The van der Waals surface area contributed by atoms with Crippen LogP contribution in [0.4, 0.5) is 4.79 Å². The zero-order valence-electron chi connectivity index (χ0n) is 12.7. The summed E-state index contributed by atoms with van der Waals surface area (Å²) < 4.78 is 0. The van der Waals surface area contributed by atoms with E-state index < -0.39 is 0 Å². The van der Waals surface area contributed by atoms with Crippen LogP contribution in [0.3, 0.4) is 0 Å². The van der Waals surface area contributed by atoms with Gasteiger partial charge in [-0.05, 0) is 69.1 Å². The third kappa shape index (κ3) is 2.80. The van der Waals surface area contributed by atoms with Crippen molar-refractivity contribution in [3.8, 4) is 0 Å². The molecule has 2 N–H and O–H groups in total. The molecule has 0 aromatic rings. The van der Waals surface area contributed by atoms with Crippen LogP contribution in [0.25, 0.3) is 0 Å². The predicted molar refractivity (Wildman–Crippen MR) is 78.3 cm³/mol. The predicted octanol–water partition coefficient (Wildman–Crippen LogP) is 2.22. The average Bonchev–Trinajstić information content (AvgIpc) is 2.39. The normalized spacial score (nSPS) is 39.6. The molecule has 0 aromatic heterocycles. The third-order valence-corrected chi connectivity index (χ3v) is 5.75. The van der Waals surface area contributed by atoms with E-state index in [0.29, 0.717) is 19.0 Å². The Labute approximate surface area is 121 Å². The van der Waals surface area contributed by atoms with E-state index in [1.54, 1.807) is 11.8 Å². The number of nitrogens with zero attached hydrogens (tertiary/aromatic N) is 1. The number of hydrogen-bond acceptors (Lipinski definition) is 2. The lowest BCUT2D eigenvalue weighted by atomic mass is 9.54.